The van der Waals surface area contributed by atoms with E-state index in [2.05, 4.69) is 20.7 Å². The van der Waals surface area contributed by atoms with E-state index < -0.39 is 10.0 Å². The molecule has 1 atom stereocenters. The van der Waals surface area contributed by atoms with Crippen molar-refractivity contribution in [1.29, 1.82) is 0 Å². The third-order valence-electron chi connectivity index (χ3n) is 4.60. The molecule has 1 heterocycles. The minimum Gasteiger partial charge on any atom is -0.497 e. The van der Waals surface area contributed by atoms with Gasteiger partial charge in [0.1, 0.15) is 16.4 Å². The number of anilines is 2. The highest BCUT2D eigenvalue weighted by molar-refractivity contribution is 9.10. The molecule has 2 aromatic rings. The maximum Gasteiger partial charge on any atom is 0.264 e. The topological polar surface area (TPSA) is 84.9 Å². The monoisotopic (exact) mass is 468 g/mol. The number of benzene rings is 2. The quantitative estimate of drug-likeness (QED) is 0.724. The highest BCUT2D eigenvalue weighted by Gasteiger charge is 2.35. The molecule has 7 nitrogen and oxygen atoms in total. The first kappa shape index (κ1) is 20.5. The Hall–Kier alpha value is -2.26. The Labute approximate surface area is 172 Å². The van der Waals surface area contributed by atoms with Crippen molar-refractivity contribution >= 4 is 43.2 Å². The number of nitrogens with zero attached hydrogens (tertiary/aromatic N) is 1. The van der Waals surface area contributed by atoms with E-state index in [1.54, 1.807) is 18.2 Å². The van der Waals surface area contributed by atoms with Crippen LogP contribution in [0.2, 0.25) is 0 Å². The van der Waals surface area contributed by atoms with Crippen molar-refractivity contribution in [3.8, 4) is 11.5 Å². The summed E-state index contributed by atoms with van der Waals surface area (Å²) in [6, 6.07) is 8.03. The fraction of sp³-hybridized carbons (Fsp3) is 0.316. The van der Waals surface area contributed by atoms with E-state index >= 15 is 0 Å². The fourth-order valence-corrected chi connectivity index (χ4v) is 5.43. The average Bonchev–Trinajstić information content (AvgIpc) is 2.96. The molecule has 0 radical (unpaired) electrons. The van der Waals surface area contributed by atoms with Gasteiger partial charge >= 0.3 is 0 Å². The molecule has 0 aromatic heterocycles. The van der Waals surface area contributed by atoms with Gasteiger partial charge in [-0.15, -0.1) is 0 Å². The molecule has 0 saturated heterocycles. The third-order valence-corrected chi connectivity index (χ3v) is 6.43. The van der Waals surface area contributed by atoms with Gasteiger partial charge in [0.05, 0.1) is 25.6 Å². The normalized spacial score (nSPS) is 15.9. The van der Waals surface area contributed by atoms with E-state index in [9.17, 15) is 13.2 Å². The molecule has 9 heteroatoms. The van der Waals surface area contributed by atoms with Gasteiger partial charge < -0.3 is 14.4 Å². The van der Waals surface area contributed by atoms with Crippen LogP contribution in [0.3, 0.4) is 0 Å². The van der Waals surface area contributed by atoms with Crippen LogP contribution in [-0.2, 0) is 21.2 Å². The van der Waals surface area contributed by atoms with Crippen molar-refractivity contribution in [3.05, 3.63) is 40.4 Å². The lowest BCUT2D eigenvalue weighted by Crippen LogP contribution is -2.34. The summed E-state index contributed by atoms with van der Waals surface area (Å²) in [5, 5.41) is 0. The number of rotatable bonds is 5. The van der Waals surface area contributed by atoms with Crippen molar-refractivity contribution in [1.82, 2.24) is 0 Å². The predicted octanol–water partition coefficient (Wildman–Crippen LogP) is 3.56. The van der Waals surface area contributed by atoms with Crippen molar-refractivity contribution in [3.63, 3.8) is 0 Å². The Bertz CT molecular complexity index is 1040. The van der Waals surface area contributed by atoms with Crippen LogP contribution in [0.5, 0.6) is 11.5 Å². The average molecular weight is 469 g/mol. The molecular formula is C19H21BrN2O5S. The number of hydrogen-bond acceptors (Lipinski definition) is 5. The molecule has 0 spiro atoms. The predicted molar refractivity (Wildman–Crippen MR) is 111 cm³/mol. The second-order valence-corrected chi connectivity index (χ2v) is 9.09. The molecule has 150 valence electrons. The number of nitrogens with one attached hydrogen (secondary N) is 1. The molecule has 28 heavy (non-hydrogen) atoms. The van der Waals surface area contributed by atoms with Gasteiger partial charge in [-0.1, -0.05) is 15.9 Å². The van der Waals surface area contributed by atoms with Crippen LogP contribution < -0.4 is 19.1 Å². The highest BCUT2D eigenvalue weighted by atomic mass is 79.9. The molecule has 0 aliphatic carbocycles. The first-order valence-electron chi connectivity index (χ1n) is 8.55. The first-order valence-corrected chi connectivity index (χ1v) is 10.8. The van der Waals surface area contributed by atoms with Gasteiger partial charge in [-0.3, -0.25) is 9.52 Å². The molecule has 1 N–H and O–H groups in total. The van der Waals surface area contributed by atoms with E-state index in [1.165, 1.54) is 32.1 Å². The summed E-state index contributed by atoms with van der Waals surface area (Å²) in [7, 11) is -1.04. The van der Waals surface area contributed by atoms with Crippen LogP contribution in [-0.4, -0.2) is 34.6 Å². The zero-order valence-corrected chi connectivity index (χ0v) is 18.3. The number of carbonyl (C=O) groups is 1. The number of halogens is 1. The number of hydrogen-bond donors (Lipinski definition) is 1. The van der Waals surface area contributed by atoms with Gasteiger partial charge in [0.15, 0.2) is 0 Å². The largest absolute Gasteiger partial charge is 0.497 e. The minimum absolute atomic E-state index is 0.0364. The summed E-state index contributed by atoms with van der Waals surface area (Å²) in [6.45, 7) is 3.33. The Morgan fingerprint density at radius 2 is 1.93 bits per heavy atom. The van der Waals surface area contributed by atoms with E-state index in [1.807, 2.05) is 13.0 Å². The van der Waals surface area contributed by atoms with Crippen LogP contribution in [0.4, 0.5) is 11.4 Å². The Morgan fingerprint density at radius 1 is 1.21 bits per heavy atom. The molecule has 2 aromatic carbocycles. The Balaban J connectivity index is 2.11. The first-order chi connectivity index (χ1) is 13.2. The Kier molecular flexibility index (Phi) is 5.58. The van der Waals surface area contributed by atoms with Crippen LogP contribution in [0.1, 0.15) is 19.4 Å². The van der Waals surface area contributed by atoms with Crippen molar-refractivity contribution < 1.29 is 22.7 Å². The van der Waals surface area contributed by atoms with Gasteiger partial charge in [0.2, 0.25) is 5.91 Å². The summed E-state index contributed by atoms with van der Waals surface area (Å²) in [4.78, 5) is 13.7. The van der Waals surface area contributed by atoms with E-state index in [0.29, 0.717) is 28.1 Å². The van der Waals surface area contributed by atoms with Crippen LogP contribution >= 0.6 is 15.9 Å². The number of fused-ring (bicyclic) bond motifs is 1. The minimum atomic E-state index is -4.00. The second-order valence-electron chi connectivity index (χ2n) is 6.53. The summed E-state index contributed by atoms with van der Waals surface area (Å²) in [5.74, 6) is 0.665. The molecule has 3 rings (SSSR count). The lowest BCUT2D eigenvalue weighted by molar-refractivity contribution is -0.116. The molecule has 0 saturated carbocycles. The molecular weight excluding hydrogens is 448 g/mol. The maximum absolute atomic E-state index is 13.3. The van der Waals surface area contributed by atoms with Crippen LogP contribution in [0, 0.1) is 0 Å². The second kappa shape index (κ2) is 7.63. The lowest BCUT2D eigenvalue weighted by atomic mass is 10.1. The molecule has 1 amide bonds. The summed E-state index contributed by atoms with van der Waals surface area (Å²) in [6.07, 6.45) is 0.586. The zero-order chi connectivity index (χ0) is 20.6. The van der Waals surface area contributed by atoms with Crippen LogP contribution in [0.25, 0.3) is 0 Å². The maximum atomic E-state index is 13.3. The van der Waals surface area contributed by atoms with E-state index in [-0.39, 0.29) is 22.5 Å². The smallest absolute Gasteiger partial charge is 0.264 e. The molecule has 0 fully saturated rings. The number of sulfonamides is 1. The fourth-order valence-electron chi connectivity index (χ4n) is 3.44. The Morgan fingerprint density at radius 3 is 2.54 bits per heavy atom. The van der Waals surface area contributed by atoms with Gasteiger partial charge in [0.25, 0.3) is 10.0 Å². The highest BCUT2D eigenvalue weighted by Crippen LogP contribution is 2.41. The van der Waals surface area contributed by atoms with Crippen molar-refractivity contribution in [2.24, 2.45) is 0 Å². The van der Waals surface area contributed by atoms with Gasteiger partial charge in [-0.2, -0.15) is 0 Å². The molecule has 0 unspecified atom stereocenters. The van der Waals surface area contributed by atoms with E-state index in [4.69, 9.17) is 9.47 Å². The lowest BCUT2D eigenvalue weighted by Gasteiger charge is -2.23. The number of amides is 1. The summed E-state index contributed by atoms with van der Waals surface area (Å²) >= 11 is 3.38. The zero-order valence-electron chi connectivity index (χ0n) is 15.9. The summed E-state index contributed by atoms with van der Waals surface area (Å²) < 4.78 is 40.1. The molecule has 1 aliphatic heterocycles. The number of carbonyl (C=O) groups excluding carboxylic acids is 1. The molecule has 0 bridgehead atoms. The van der Waals surface area contributed by atoms with Gasteiger partial charge in [0, 0.05) is 23.5 Å². The van der Waals surface area contributed by atoms with Gasteiger partial charge in [-0.05, 0) is 43.2 Å². The standard InChI is InChI=1S/C19H21BrN2O5S/c1-11-7-13-8-14(20)9-18(19(13)22(11)12(2)23)28(24,25)21-16-6-5-15(26-3)10-17(16)27-4/h5-6,8-11,21H,7H2,1-4H3/t11-/m0/s1. The number of ether oxygens (including phenoxy) is 2. The van der Waals surface area contributed by atoms with Crippen molar-refractivity contribution in [2.75, 3.05) is 23.8 Å². The van der Waals surface area contributed by atoms with Crippen LogP contribution in [0.15, 0.2) is 39.7 Å². The third kappa shape index (κ3) is 3.68. The SMILES string of the molecule is COc1ccc(NS(=O)(=O)c2cc(Br)cc3c2N(C(C)=O)[C@@H](C)C3)c(OC)c1. The molecule has 1 aliphatic rings. The summed E-state index contributed by atoms with van der Waals surface area (Å²) in [5.41, 5.74) is 1.50. The van der Waals surface area contributed by atoms with Gasteiger partial charge in [-0.25, -0.2) is 8.42 Å². The number of methoxy groups -OCH3 is 2. The van der Waals surface area contributed by atoms with E-state index in [0.717, 1.165) is 5.56 Å². The van der Waals surface area contributed by atoms with Crippen molar-refractivity contribution in [2.45, 2.75) is 31.2 Å².